The number of pyridine rings is 1. The Labute approximate surface area is 96.3 Å². The van der Waals surface area contributed by atoms with Crippen molar-refractivity contribution in [3.63, 3.8) is 0 Å². The SMILES string of the molecule is CC(NC(=O)C(N)C(C)C)c1ccccn1. The van der Waals surface area contributed by atoms with Gasteiger partial charge in [0.2, 0.25) is 5.91 Å². The number of carbonyl (C=O) groups excluding carboxylic acids is 1. The van der Waals surface area contributed by atoms with Gasteiger partial charge in [-0.2, -0.15) is 0 Å². The number of amides is 1. The van der Waals surface area contributed by atoms with E-state index in [9.17, 15) is 4.79 Å². The van der Waals surface area contributed by atoms with Crippen molar-refractivity contribution < 1.29 is 4.79 Å². The van der Waals surface area contributed by atoms with Gasteiger partial charge in [-0.05, 0) is 25.0 Å². The molecule has 0 radical (unpaired) electrons. The summed E-state index contributed by atoms with van der Waals surface area (Å²) in [7, 11) is 0. The van der Waals surface area contributed by atoms with Gasteiger partial charge in [0, 0.05) is 6.20 Å². The van der Waals surface area contributed by atoms with Crippen molar-refractivity contribution in [2.24, 2.45) is 11.7 Å². The summed E-state index contributed by atoms with van der Waals surface area (Å²) in [6.45, 7) is 5.75. The number of hydrogen-bond donors (Lipinski definition) is 2. The topological polar surface area (TPSA) is 68.0 Å². The Morgan fingerprint density at radius 2 is 2.06 bits per heavy atom. The third-order valence-corrected chi connectivity index (χ3v) is 2.51. The maximum absolute atomic E-state index is 11.7. The van der Waals surface area contributed by atoms with E-state index in [1.807, 2.05) is 39.0 Å². The zero-order valence-electron chi connectivity index (χ0n) is 9.97. The zero-order valence-corrected chi connectivity index (χ0v) is 9.97. The molecule has 4 heteroatoms. The second-order valence-electron chi connectivity index (χ2n) is 4.25. The highest BCUT2D eigenvalue weighted by Gasteiger charge is 2.19. The summed E-state index contributed by atoms with van der Waals surface area (Å²) in [5.41, 5.74) is 6.59. The molecular weight excluding hydrogens is 202 g/mol. The van der Waals surface area contributed by atoms with Crippen LogP contribution in [0.1, 0.15) is 32.5 Å². The van der Waals surface area contributed by atoms with Gasteiger partial charge in [0.25, 0.3) is 0 Å². The number of rotatable bonds is 4. The molecule has 0 spiro atoms. The molecule has 0 aliphatic heterocycles. The van der Waals surface area contributed by atoms with Crippen molar-refractivity contribution in [1.82, 2.24) is 10.3 Å². The molecule has 0 aliphatic carbocycles. The molecule has 4 nitrogen and oxygen atoms in total. The highest BCUT2D eigenvalue weighted by atomic mass is 16.2. The van der Waals surface area contributed by atoms with Crippen molar-refractivity contribution in [3.8, 4) is 0 Å². The molecule has 88 valence electrons. The summed E-state index contributed by atoms with van der Waals surface area (Å²) in [5, 5.41) is 2.85. The molecule has 2 unspecified atom stereocenters. The standard InChI is InChI=1S/C12H19N3O/c1-8(2)11(13)12(16)15-9(3)10-6-4-5-7-14-10/h4-9,11H,13H2,1-3H3,(H,15,16). The second kappa shape index (κ2) is 5.61. The number of carbonyl (C=O) groups is 1. The minimum atomic E-state index is -0.467. The predicted molar refractivity (Wildman–Crippen MR) is 63.6 cm³/mol. The molecule has 0 fully saturated rings. The molecule has 0 saturated carbocycles. The molecule has 1 rings (SSSR count). The normalized spacial score (nSPS) is 14.6. The lowest BCUT2D eigenvalue weighted by molar-refractivity contribution is -0.123. The van der Waals surface area contributed by atoms with Gasteiger partial charge in [0.1, 0.15) is 0 Å². The molecule has 0 aromatic carbocycles. The van der Waals surface area contributed by atoms with Gasteiger partial charge in [-0.1, -0.05) is 19.9 Å². The molecule has 1 amide bonds. The summed E-state index contributed by atoms with van der Waals surface area (Å²) in [6.07, 6.45) is 1.71. The minimum absolute atomic E-state index is 0.113. The Balaban J connectivity index is 2.58. The largest absolute Gasteiger partial charge is 0.347 e. The maximum atomic E-state index is 11.7. The Morgan fingerprint density at radius 3 is 2.56 bits per heavy atom. The van der Waals surface area contributed by atoms with Crippen molar-refractivity contribution in [2.75, 3.05) is 0 Å². The monoisotopic (exact) mass is 221 g/mol. The van der Waals surface area contributed by atoms with Crippen LogP contribution >= 0.6 is 0 Å². The van der Waals surface area contributed by atoms with E-state index in [1.165, 1.54) is 0 Å². The fourth-order valence-electron chi connectivity index (χ4n) is 1.32. The van der Waals surface area contributed by atoms with Gasteiger partial charge >= 0.3 is 0 Å². The number of aromatic nitrogens is 1. The van der Waals surface area contributed by atoms with Crippen LogP contribution in [0.3, 0.4) is 0 Å². The Morgan fingerprint density at radius 1 is 1.38 bits per heavy atom. The first kappa shape index (κ1) is 12.6. The van der Waals surface area contributed by atoms with Crippen LogP contribution in [-0.2, 0) is 4.79 Å². The van der Waals surface area contributed by atoms with Gasteiger partial charge in [0.05, 0.1) is 17.8 Å². The van der Waals surface area contributed by atoms with Gasteiger partial charge in [-0.15, -0.1) is 0 Å². The summed E-state index contributed by atoms with van der Waals surface area (Å²) < 4.78 is 0. The lowest BCUT2D eigenvalue weighted by Crippen LogP contribution is -2.44. The molecule has 16 heavy (non-hydrogen) atoms. The van der Waals surface area contributed by atoms with Crippen LogP contribution in [0.4, 0.5) is 0 Å². The number of hydrogen-bond acceptors (Lipinski definition) is 3. The second-order valence-corrected chi connectivity index (χ2v) is 4.25. The molecule has 0 bridgehead atoms. The number of nitrogens with one attached hydrogen (secondary N) is 1. The van der Waals surface area contributed by atoms with E-state index in [-0.39, 0.29) is 17.9 Å². The van der Waals surface area contributed by atoms with Crippen LogP contribution in [0, 0.1) is 5.92 Å². The van der Waals surface area contributed by atoms with E-state index >= 15 is 0 Å². The first-order valence-electron chi connectivity index (χ1n) is 5.49. The molecular formula is C12H19N3O. The smallest absolute Gasteiger partial charge is 0.237 e. The number of nitrogens with zero attached hydrogens (tertiary/aromatic N) is 1. The van der Waals surface area contributed by atoms with Crippen LogP contribution in [-0.4, -0.2) is 16.9 Å². The van der Waals surface area contributed by atoms with Gasteiger partial charge in [-0.25, -0.2) is 0 Å². The fraction of sp³-hybridized carbons (Fsp3) is 0.500. The number of nitrogens with two attached hydrogens (primary N) is 1. The first-order valence-corrected chi connectivity index (χ1v) is 5.49. The third-order valence-electron chi connectivity index (χ3n) is 2.51. The third kappa shape index (κ3) is 3.31. The molecule has 0 saturated heterocycles. The van der Waals surface area contributed by atoms with Gasteiger partial charge in [-0.3, -0.25) is 9.78 Å². The average Bonchev–Trinajstić information content (AvgIpc) is 2.28. The van der Waals surface area contributed by atoms with Crippen LogP contribution in [0.25, 0.3) is 0 Å². The quantitative estimate of drug-likeness (QED) is 0.803. The fourth-order valence-corrected chi connectivity index (χ4v) is 1.32. The van der Waals surface area contributed by atoms with Gasteiger partial charge < -0.3 is 11.1 Å². The molecule has 3 N–H and O–H groups in total. The molecule has 0 aliphatic rings. The maximum Gasteiger partial charge on any atom is 0.237 e. The van der Waals surface area contributed by atoms with Crippen molar-refractivity contribution in [1.29, 1.82) is 0 Å². The summed E-state index contributed by atoms with van der Waals surface area (Å²) in [5.74, 6) is 0.00378. The van der Waals surface area contributed by atoms with E-state index in [1.54, 1.807) is 6.20 Å². The molecule has 1 heterocycles. The lowest BCUT2D eigenvalue weighted by Gasteiger charge is -2.19. The van der Waals surface area contributed by atoms with Crippen LogP contribution in [0.15, 0.2) is 24.4 Å². The highest BCUT2D eigenvalue weighted by Crippen LogP contribution is 2.09. The Bertz CT molecular complexity index is 337. The van der Waals surface area contributed by atoms with E-state index in [0.29, 0.717) is 0 Å². The summed E-state index contributed by atoms with van der Waals surface area (Å²) in [6, 6.07) is 5.04. The minimum Gasteiger partial charge on any atom is -0.347 e. The molecule has 2 atom stereocenters. The van der Waals surface area contributed by atoms with Crippen LogP contribution < -0.4 is 11.1 Å². The first-order chi connectivity index (χ1) is 7.52. The lowest BCUT2D eigenvalue weighted by atomic mass is 10.0. The highest BCUT2D eigenvalue weighted by molar-refractivity contribution is 5.82. The van der Waals surface area contributed by atoms with E-state index < -0.39 is 6.04 Å². The Kier molecular flexibility index (Phi) is 4.43. The van der Waals surface area contributed by atoms with Gasteiger partial charge in [0.15, 0.2) is 0 Å². The molecule has 1 aromatic rings. The van der Waals surface area contributed by atoms with Crippen LogP contribution in [0.5, 0.6) is 0 Å². The predicted octanol–water partition coefficient (Wildman–Crippen LogP) is 1.24. The van der Waals surface area contributed by atoms with E-state index in [4.69, 9.17) is 5.73 Å². The Hall–Kier alpha value is -1.42. The van der Waals surface area contributed by atoms with Crippen molar-refractivity contribution in [2.45, 2.75) is 32.9 Å². The van der Waals surface area contributed by atoms with E-state index in [2.05, 4.69) is 10.3 Å². The average molecular weight is 221 g/mol. The zero-order chi connectivity index (χ0) is 12.1. The van der Waals surface area contributed by atoms with Crippen molar-refractivity contribution >= 4 is 5.91 Å². The summed E-state index contributed by atoms with van der Waals surface area (Å²) in [4.78, 5) is 15.9. The van der Waals surface area contributed by atoms with E-state index in [0.717, 1.165) is 5.69 Å². The van der Waals surface area contributed by atoms with Crippen molar-refractivity contribution in [3.05, 3.63) is 30.1 Å². The summed E-state index contributed by atoms with van der Waals surface area (Å²) >= 11 is 0. The van der Waals surface area contributed by atoms with Crippen LogP contribution in [0.2, 0.25) is 0 Å². The molecule has 1 aromatic heterocycles.